The maximum absolute atomic E-state index is 13.0. The van der Waals surface area contributed by atoms with E-state index in [0.29, 0.717) is 12.3 Å². The van der Waals surface area contributed by atoms with Crippen LogP contribution in [0.4, 0.5) is 22.0 Å². The highest BCUT2D eigenvalue weighted by Crippen LogP contribution is 2.28. The number of pyridine rings is 1. The molecule has 0 atom stereocenters. The van der Waals surface area contributed by atoms with Gasteiger partial charge in [0.2, 0.25) is 0 Å². The smallest absolute Gasteiger partial charge is 0.292 e. The van der Waals surface area contributed by atoms with Gasteiger partial charge in [0, 0.05) is 18.7 Å². The number of nitrogens with zero attached hydrogens (tertiary/aromatic N) is 1. The number of alkyl halides is 3. The molecule has 2 rings (SSSR count). The molecule has 7 heteroatoms. The third-order valence-electron chi connectivity index (χ3n) is 2.66. The number of rotatable bonds is 3. The highest BCUT2D eigenvalue weighted by atomic mass is 19.4. The van der Waals surface area contributed by atoms with Crippen molar-refractivity contribution < 1.29 is 26.7 Å². The minimum atomic E-state index is -4.54. The Morgan fingerprint density at radius 2 is 1.67 bits per heavy atom. The summed E-state index contributed by atoms with van der Waals surface area (Å²) >= 11 is 0. The minimum Gasteiger partial charge on any atom is -0.292 e. The minimum absolute atomic E-state index is 0.0826. The predicted molar refractivity (Wildman–Crippen MR) is 63.6 cm³/mol. The van der Waals surface area contributed by atoms with Crippen LogP contribution in [0.2, 0.25) is 0 Å². The van der Waals surface area contributed by atoms with Crippen LogP contribution in [0.5, 0.6) is 0 Å². The molecule has 0 spiro atoms. The molecule has 0 saturated heterocycles. The number of aromatic nitrogens is 1. The molecule has 0 bridgehead atoms. The number of carbonyl (C=O) groups is 1. The summed E-state index contributed by atoms with van der Waals surface area (Å²) < 4.78 is 63.0. The van der Waals surface area contributed by atoms with Crippen molar-refractivity contribution in [3.05, 3.63) is 65.0 Å². The lowest BCUT2D eigenvalue weighted by Gasteiger charge is -2.06. The fraction of sp³-hybridized carbons (Fsp3) is 0.143. The number of hydrogen-bond acceptors (Lipinski definition) is 2. The van der Waals surface area contributed by atoms with Crippen LogP contribution in [-0.4, -0.2) is 10.8 Å². The largest absolute Gasteiger partial charge is 0.417 e. The van der Waals surface area contributed by atoms with Gasteiger partial charge < -0.3 is 0 Å². The van der Waals surface area contributed by atoms with E-state index in [1.807, 2.05) is 0 Å². The molecule has 0 fully saturated rings. The second-order valence-corrected chi connectivity index (χ2v) is 4.31. The molecule has 0 saturated carbocycles. The van der Waals surface area contributed by atoms with Crippen LogP contribution >= 0.6 is 0 Å². The number of hydrogen-bond donors (Lipinski definition) is 0. The maximum Gasteiger partial charge on any atom is 0.417 e. The van der Waals surface area contributed by atoms with E-state index in [1.165, 1.54) is 0 Å². The summed E-state index contributed by atoms with van der Waals surface area (Å²) in [6.07, 6.45) is -4.35. The van der Waals surface area contributed by atoms with Crippen molar-refractivity contribution in [1.29, 1.82) is 0 Å². The summed E-state index contributed by atoms with van der Waals surface area (Å²) in [4.78, 5) is 15.2. The standard InChI is InChI=1S/C14H8F5NO/c15-10-3-8(4-11(16)6-10)5-13(21)12-2-1-9(7-20-12)14(17,18)19/h1-4,6-7H,5H2. The van der Waals surface area contributed by atoms with E-state index in [2.05, 4.69) is 4.98 Å². The fourth-order valence-corrected chi connectivity index (χ4v) is 1.72. The lowest BCUT2D eigenvalue weighted by Crippen LogP contribution is -2.10. The van der Waals surface area contributed by atoms with Gasteiger partial charge in [-0.05, 0) is 29.8 Å². The van der Waals surface area contributed by atoms with Crippen LogP contribution in [0.25, 0.3) is 0 Å². The van der Waals surface area contributed by atoms with Gasteiger partial charge in [-0.2, -0.15) is 13.2 Å². The Labute approximate surface area is 116 Å². The Morgan fingerprint density at radius 1 is 1.05 bits per heavy atom. The van der Waals surface area contributed by atoms with E-state index in [0.717, 1.165) is 24.3 Å². The first-order valence-electron chi connectivity index (χ1n) is 5.77. The van der Waals surface area contributed by atoms with Gasteiger partial charge in [-0.25, -0.2) is 8.78 Å². The van der Waals surface area contributed by atoms with E-state index in [9.17, 15) is 26.7 Å². The molecule has 0 radical (unpaired) electrons. The van der Waals surface area contributed by atoms with Gasteiger partial charge in [-0.3, -0.25) is 9.78 Å². The van der Waals surface area contributed by atoms with E-state index >= 15 is 0 Å². The number of ketones is 1. The van der Waals surface area contributed by atoms with Crippen LogP contribution in [0.1, 0.15) is 21.6 Å². The van der Waals surface area contributed by atoms with E-state index in [1.54, 1.807) is 0 Å². The molecular weight excluding hydrogens is 293 g/mol. The molecule has 1 heterocycles. The Morgan fingerprint density at radius 3 is 2.14 bits per heavy atom. The molecule has 0 aliphatic heterocycles. The van der Waals surface area contributed by atoms with Crippen LogP contribution in [-0.2, 0) is 12.6 Å². The Hall–Kier alpha value is -2.31. The molecule has 0 aliphatic carbocycles. The molecule has 2 nitrogen and oxygen atoms in total. The molecule has 1 aromatic heterocycles. The van der Waals surface area contributed by atoms with Crippen LogP contribution < -0.4 is 0 Å². The molecule has 0 aliphatic rings. The zero-order valence-electron chi connectivity index (χ0n) is 10.4. The third-order valence-corrected chi connectivity index (χ3v) is 2.66. The highest BCUT2D eigenvalue weighted by molar-refractivity contribution is 5.95. The summed E-state index contributed by atoms with van der Waals surface area (Å²) in [7, 11) is 0. The summed E-state index contributed by atoms with van der Waals surface area (Å²) in [6.45, 7) is 0. The molecule has 0 N–H and O–H groups in total. The molecule has 0 unspecified atom stereocenters. The highest BCUT2D eigenvalue weighted by Gasteiger charge is 2.30. The zero-order valence-corrected chi connectivity index (χ0v) is 10.4. The lowest BCUT2D eigenvalue weighted by molar-refractivity contribution is -0.137. The van der Waals surface area contributed by atoms with Crippen molar-refractivity contribution in [2.24, 2.45) is 0 Å². The quantitative estimate of drug-likeness (QED) is 0.637. The van der Waals surface area contributed by atoms with Crippen LogP contribution in [0, 0.1) is 11.6 Å². The molecule has 2 aromatic rings. The maximum atomic E-state index is 13.0. The average Bonchev–Trinajstić information content (AvgIpc) is 2.36. The second-order valence-electron chi connectivity index (χ2n) is 4.31. The molecule has 1 aromatic carbocycles. The third kappa shape index (κ3) is 3.84. The van der Waals surface area contributed by atoms with E-state index in [4.69, 9.17) is 0 Å². The van der Waals surface area contributed by atoms with Crippen molar-refractivity contribution in [2.45, 2.75) is 12.6 Å². The van der Waals surface area contributed by atoms with Gasteiger partial charge in [0.05, 0.1) is 5.56 Å². The average molecular weight is 301 g/mol. The Bertz CT molecular complexity index is 644. The van der Waals surface area contributed by atoms with Crippen molar-refractivity contribution in [2.75, 3.05) is 0 Å². The molecular formula is C14H8F5NO. The Kier molecular flexibility index (Phi) is 4.02. The monoisotopic (exact) mass is 301 g/mol. The number of Topliss-reactive ketones (excluding diaryl/α,β-unsaturated/α-hetero) is 1. The second kappa shape index (κ2) is 5.59. The van der Waals surface area contributed by atoms with Crippen molar-refractivity contribution >= 4 is 5.78 Å². The Balaban J connectivity index is 2.17. The van der Waals surface area contributed by atoms with Crippen LogP contribution in [0.3, 0.4) is 0 Å². The summed E-state index contributed by atoms with van der Waals surface area (Å²) in [5.41, 5.74) is -1.09. The van der Waals surface area contributed by atoms with E-state index < -0.39 is 29.2 Å². The topological polar surface area (TPSA) is 30.0 Å². The first-order chi connectivity index (χ1) is 9.75. The summed E-state index contributed by atoms with van der Waals surface area (Å²) in [5, 5.41) is 0. The van der Waals surface area contributed by atoms with Crippen molar-refractivity contribution in [1.82, 2.24) is 4.98 Å². The van der Waals surface area contributed by atoms with Gasteiger partial charge in [-0.15, -0.1) is 0 Å². The molecule has 0 amide bonds. The zero-order chi connectivity index (χ0) is 15.6. The van der Waals surface area contributed by atoms with Gasteiger partial charge in [0.15, 0.2) is 5.78 Å². The number of carbonyl (C=O) groups excluding carboxylic acids is 1. The summed E-state index contributed by atoms with van der Waals surface area (Å²) in [6, 6.07) is 4.27. The number of benzene rings is 1. The summed E-state index contributed by atoms with van der Waals surface area (Å²) in [5.74, 6) is -2.30. The van der Waals surface area contributed by atoms with Crippen molar-refractivity contribution in [3.8, 4) is 0 Å². The number of halogens is 5. The van der Waals surface area contributed by atoms with Crippen molar-refractivity contribution in [3.63, 3.8) is 0 Å². The first-order valence-corrected chi connectivity index (χ1v) is 5.77. The van der Waals surface area contributed by atoms with Gasteiger partial charge in [-0.1, -0.05) is 0 Å². The van der Waals surface area contributed by atoms with Crippen LogP contribution in [0.15, 0.2) is 36.5 Å². The normalized spacial score (nSPS) is 11.5. The molecule has 21 heavy (non-hydrogen) atoms. The predicted octanol–water partition coefficient (Wildman–Crippen LogP) is 3.80. The first kappa shape index (κ1) is 15.1. The SMILES string of the molecule is O=C(Cc1cc(F)cc(F)c1)c1ccc(C(F)(F)F)cn1. The lowest BCUT2D eigenvalue weighted by atomic mass is 10.1. The van der Waals surface area contributed by atoms with E-state index in [-0.39, 0.29) is 17.7 Å². The fourth-order valence-electron chi connectivity index (χ4n) is 1.72. The molecule has 110 valence electrons. The van der Waals surface area contributed by atoms with Gasteiger partial charge in [0.25, 0.3) is 0 Å². The van der Waals surface area contributed by atoms with Gasteiger partial charge >= 0.3 is 6.18 Å². The van der Waals surface area contributed by atoms with Gasteiger partial charge in [0.1, 0.15) is 17.3 Å².